The second kappa shape index (κ2) is 25.0. The molecular weight excluding hydrogens is 633 g/mol. The maximum absolute atomic E-state index is 13.1. The van der Waals surface area contributed by atoms with Crippen molar-refractivity contribution >= 4 is 28.8 Å². The predicted molar refractivity (Wildman–Crippen MR) is 215 cm³/mol. The summed E-state index contributed by atoms with van der Waals surface area (Å²) in [6.45, 7) is 16.6. The topological polar surface area (TPSA) is 76.4 Å². The molecule has 0 fully saturated rings. The second-order valence-electron chi connectivity index (χ2n) is 14.6. The molecule has 3 unspecified atom stereocenters. The van der Waals surface area contributed by atoms with E-state index in [1.165, 1.54) is 89.2 Å². The number of pyridine rings is 1. The third kappa shape index (κ3) is 14.5. The second-order valence-corrected chi connectivity index (χ2v) is 14.6. The van der Waals surface area contributed by atoms with Gasteiger partial charge in [0, 0.05) is 37.1 Å². The number of anilines is 1. The number of nitrogens with zero attached hydrogens (tertiary/aromatic N) is 4. The highest BCUT2D eigenvalue weighted by Crippen LogP contribution is 2.37. The zero-order valence-corrected chi connectivity index (χ0v) is 33.1. The molecule has 284 valence electrons. The maximum atomic E-state index is 13.1. The number of benzene rings is 1. The van der Waals surface area contributed by atoms with E-state index >= 15 is 0 Å². The Morgan fingerprint density at radius 2 is 1.39 bits per heavy atom. The molecule has 51 heavy (non-hydrogen) atoms. The summed E-state index contributed by atoms with van der Waals surface area (Å²) >= 11 is 0. The first-order valence-electron chi connectivity index (χ1n) is 20.8. The zero-order chi connectivity index (χ0) is 36.7. The maximum Gasteiger partial charge on any atom is 0.386 e. The summed E-state index contributed by atoms with van der Waals surface area (Å²) in [7, 11) is 0. The summed E-state index contributed by atoms with van der Waals surface area (Å²) in [5, 5.41) is 4.11. The number of carbonyl (C=O) groups is 1. The van der Waals surface area contributed by atoms with Crippen molar-refractivity contribution in [3.8, 4) is 0 Å². The number of aliphatic imine (C=N–C) groups is 1. The van der Waals surface area contributed by atoms with E-state index in [0.29, 0.717) is 29.8 Å². The van der Waals surface area contributed by atoms with Gasteiger partial charge in [0.1, 0.15) is 0 Å². The molecule has 7 nitrogen and oxygen atoms in total. The predicted octanol–water partition coefficient (Wildman–Crippen LogP) is 12.4. The zero-order valence-electron chi connectivity index (χ0n) is 33.1. The lowest BCUT2D eigenvalue weighted by atomic mass is 9.94. The van der Waals surface area contributed by atoms with Crippen LogP contribution in [0.4, 0.5) is 11.4 Å². The molecule has 0 saturated carbocycles. The third-order valence-electron chi connectivity index (χ3n) is 10.4. The Morgan fingerprint density at radius 3 is 2.02 bits per heavy atom. The molecule has 3 rings (SSSR count). The summed E-state index contributed by atoms with van der Waals surface area (Å²) in [4.78, 5) is 30.4. The number of carbonyl (C=O) groups excluding carboxylic acids is 1. The molecule has 1 aliphatic heterocycles. The van der Waals surface area contributed by atoms with Crippen LogP contribution in [0, 0.1) is 11.8 Å². The fourth-order valence-corrected chi connectivity index (χ4v) is 7.02. The fraction of sp³-hybridized carbons (Fsp3) is 0.682. The van der Waals surface area contributed by atoms with Crippen LogP contribution < -0.4 is 4.90 Å². The molecule has 1 aromatic heterocycles. The molecule has 0 bridgehead atoms. The first-order chi connectivity index (χ1) is 25.0. The Labute approximate surface area is 311 Å². The van der Waals surface area contributed by atoms with Gasteiger partial charge in [-0.25, -0.2) is 9.79 Å². The van der Waals surface area contributed by atoms with Crippen molar-refractivity contribution in [3.05, 3.63) is 53.9 Å². The summed E-state index contributed by atoms with van der Waals surface area (Å²) in [6.07, 6.45) is 23.1. The quantitative estimate of drug-likeness (QED) is 0.0651. The molecule has 0 saturated heterocycles. The van der Waals surface area contributed by atoms with Gasteiger partial charge in [0.15, 0.2) is 11.4 Å². The minimum atomic E-state index is -0.549. The molecule has 7 heteroatoms. The summed E-state index contributed by atoms with van der Waals surface area (Å²) in [6, 6.07) is 12.2. The van der Waals surface area contributed by atoms with Crippen LogP contribution in [0.5, 0.6) is 0 Å². The van der Waals surface area contributed by atoms with Gasteiger partial charge in [0.2, 0.25) is 0 Å². The van der Waals surface area contributed by atoms with Crippen LogP contribution in [0.25, 0.3) is 0 Å². The van der Waals surface area contributed by atoms with Gasteiger partial charge in [-0.1, -0.05) is 143 Å². The number of rotatable bonds is 28. The Hall–Kier alpha value is -3.06. The van der Waals surface area contributed by atoms with Crippen molar-refractivity contribution in [1.29, 1.82) is 0 Å². The fourth-order valence-electron chi connectivity index (χ4n) is 7.02. The van der Waals surface area contributed by atoms with E-state index in [2.05, 4.69) is 74.8 Å². The smallest absolute Gasteiger partial charge is 0.373 e. The van der Waals surface area contributed by atoms with Gasteiger partial charge in [-0.2, -0.15) is 0 Å². The van der Waals surface area contributed by atoms with Gasteiger partial charge in [-0.05, 0) is 67.9 Å². The van der Waals surface area contributed by atoms with Crippen LogP contribution in [0.15, 0.2) is 52.7 Å². The van der Waals surface area contributed by atoms with Crippen molar-refractivity contribution in [2.24, 2.45) is 22.0 Å². The lowest BCUT2D eigenvalue weighted by Crippen LogP contribution is -2.34. The van der Waals surface area contributed by atoms with E-state index in [1.54, 1.807) is 6.20 Å². The number of ether oxygens (including phenoxy) is 1. The van der Waals surface area contributed by atoms with Crippen molar-refractivity contribution < 1.29 is 14.4 Å². The average molecular weight is 703 g/mol. The third-order valence-corrected chi connectivity index (χ3v) is 10.4. The SMILES string of the molecule is CCCCCCCCC(OCCCCC)c1cc(N(CC(CC)CCCC)CC(CC)CCCC)ccc1N=C1C(=O)ON=C1c1ccccn1. The molecule has 0 radical (unpaired) electrons. The van der Waals surface area contributed by atoms with E-state index in [9.17, 15) is 4.79 Å². The summed E-state index contributed by atoms with van der Waals surface area (Å²) in [5.41, 5.74) is 4.17. The Kier molecular flexibility index (Phi) is 20.8. The van der Waals surface area contributed by atoms with Gasteiger partial charge in [-0.3, -0.25) is 4.98 Å². The summed E-state index contributed by atoms with van der Waals surface area (Å²) in [5.74, 6) is 0.741. The number of hydrogen-bond acceptors (Lipinski definition) is 7. The van der Waals surface area contributed by atoms with Gasteiger partial charge in [0.05, 0.1) is 17.5 Å². The van der Waals surface area contributed by atoms with Crippen LogP contribution in [0.1, 0.15) is 174 Å². The molecule has 0 amide bonds. The molecule has 1 aliphatic rings. The van der Waals surface area contributed by atoms with Gasteiger partial charge >= 0.3 is 5.97 Å². The average Bonchev–Trinajstić information content (AvgIpc) is 3.52. The highest BCUT2D eigenvalue weighted by atomic mass is 16.7. The highest BCUT2D eigenvalue weighted by Gasteiger charge is 2.31. The molecule has 1 aromatic carbocycles. The molecule has 0 N–H and O–H groups in total. The van der Waals surface area contributed by atoms with Crippen molar-refractivity contribution in [3.63, 3.8) is 0 Å². The minimum Gasteiger partial charge on any atom is -0.373 e. The van der Waals surface area contributed by atoms with Gasteiger partial charge in [0.25, 0.3) is 0 Å². The van der Waals surface area contributed by atoms with Crippen LogP contribution in [0.2, 0.25) is 0 Å². The number of aromatic nitrogens is 1. The van der Waals surface area contributed by atoms with Gasteiger partial charge in [-0.15, -0.1) is 0 Å². The molecule has 3 atom stereocenters. The normalized spacial score (nSPS) is 15.5. The van der Waals surface area contributed by atoms with Crippen LogP contribution in [0.3, 0.4) is 0 Å². The Balaban J connectivity index is 2.11. The molecule has 2 aromatic rings. The lowest BCUT2D eigenvalue weighted by molar-refractivity contribution is -0.134. The van der Waals surface area contributed by atoms with Crippen molar-refractivity contribution in [2.45, 2.75) is 163 Å². The van der Waals surface area contributed by atoms with E-state index in [4.69, 9.17) is 14.6 Å². The number of unbranched alkanes of at least 4 members (excludes halogenated alkanes) is 9. The van der Waals surface area contributed by atoms with Crippen molar-refractivity contribution in [2.75, 3.05) is 24.6 Å². The monoisotopic (exact) mass is 703 g/mol. The molecule has 0 spiro atoms. The van der Waals surface area contributed by atoms with E-state index in [1.807, 2.05) is 18.2 Å². The van der Waals surface area contributed by atoms with Crippen LogP contribution in [-0.4, -0.2) is 42.1 Å². The van der Waals surface area contributed by atoms with E-state index < -0.39 is 5.97 Å². The first-order valence-corrected chi connectivity index (χ1v) is 20.8. The Morgan fingerprint density at radius 1 is 0.745 bits per heavy atom. The standard InChI is InChI=1S/C44H70N4O3/c1-7-13-17-18-19-20-27-41(50-31-23-14-8-2)38-32-37(48(33-35(11-5)24-15-9-3)34-36(12-6)25-16-10-4)28-29-39(38)46-43-42(47-51-44(43)49)40-26-21-22-30-45-40/h21-22,26,28-30,32,35-36,41H,7-20,23-25,27,31,33-34H2,1-6H3. The molecule has 2 heterocycles. The van der Waals surface area contributed by atoms with Crippen LogP contribution in [-0.2, 0) is 14.4 Å². The minimum absolute atomic E-state index is 0.119. The molecule has 0 aliphatic carbocycles. The Bertz CT molecular complexity index is 1290. The van der Waals surface area contributed by atoms with Gasteiger partial charge < -0.3 is 14.5 Å². The van der Waals surface area contributed by atoms with Crippen LogP contribution >= 0.6 is 0 Å². The largest absolute Gasteiger partial charge is 0.386 e. The highest BCUT2D eigenvalue weighted by molar-refractivity contribution is 6.70. The first kappa shape index (κ1) is 42.4. The van der Waals surface area contributed by atoms with E-state index in [-0.39, 0.29) is 11.8 Å². The van der Waals surface area contributed by atoms with Crippen molar-refractivity contribution in [1.82, 2.24) is 4.98 Å². The lowest BCUT2D eigenvalue weighted by Gasteiger charge is -2.33. The summed E-state index contributed by atoms with van der Waals surface area (Å²) < 4.78 is 6.80. The number of hydrogen-bond donors (Lipinski definition) is 0. The number of oxime groups is 1. The molecular formula is C44H70N4O3. The van der Waals surface area contributed by atoms with E-state index in [0.717, 1.165) is 56.4 Å².